The summed E-state index contributed by atoms with van der Waals surface area (Å²) in [4.78, 5) is 14.9. The van der Waals surface area contributed by atoms with Gasteiger partial charge in [-0.2, -0.15) is 9.57 Å². The molecule has 29 heavy (non-hydrogen) atoms. The van der Waals surface area contributed by atoms with Gasteiger partial charge in [-0.05, 0) is 38.1 Å². The van der Waals surface area contributed by atoms with Crippen LogP contribution in [0.4, 0.5) is 5.69 Å². The number of sulfonamides is 1. The maximum Gasteiger partial charge on any atom is 0.243 e. The van der Waals surface area contributed by atoms with Crippen LogP contribution in [0.1, 0.15) is 18.1 Å². The van der Waals surface area contributed by atoms with Crippen molar-refractivity contribution < 1.29 is 13.2 Å². The fourth-order valence-corrected chi connectivity index (χ4v) is 4.71. The van der Waals surface area contributed by atoms with E-state index in [0.717, 1.165) is 5.56 Å². The van der Waals surface area contributed by atoms with Crippen molar-refractivity contribution >= 4 is 21.6 Å². The molecule has 152 valence electrons. The number of piperazine rings is 1. The van der Waals surface area contributed by atoms with E-state index in [1.165, 1.54) is 4.31 Å². The van der Waals surface area contributed by atoms with Crippen LogP contribution < -0.4 is 5.32 Å². The Hall–Kier alpha value is -2.73. The fraction of sp³-hybridized carbons (Fsp3) is 0.333. The predicted molar refractivity (Wildman–Crippen MR) is 111 cm³/mol. The molecule has 1 aliphatic heterocycles. The van der Waals surface area contributed by atoms with Gasteiger partial charge in [0.1, 0.15) is 6.07 Å². The molecule has 1 N–H and O–H groups in total. The Balaban J connectivity index is 1.62. The summed E-state index contributed by atoms with van der Waals surface area (Å²) >= 11 is 0. The third-order valence-corrected chi connectivity index (χ3v) is 7.08. The number of carbonyl (C=O) groups is 1. The van der Waals surface area contributed by atoms with Crippen LogP contribution in [-0.2, 0) is 14.8 Å². The number of anilines is 1. The van der Waals surface area contributed by atoms with Gasteiger partial charge in [0.15, 0.2) is 0 Å². The van der Waals surface area contributed by atoms with Gasteiger partial charge in [-0.25, -0.2) is 8.42 Å². The minimum absolute atomic E-state index is 0.220. The van der Waals surface area contributed by atoms with E-state index in [-0.39, 0.29) is 10.8 Å². The third-order valence-electron chi connectivity index (χ3n) is 5.16. The first-order chi connectivity index (χ1) is 13.8. The number of nitrogens with zero attached hydrogens (tertiary/aromatic N) is 3. The smallest absolute Gasteiger partial charge is 0.243 e. The van der Waals surface area contributed by atoms with E-state index in [1.807, 2.05) is 11.8 Å². The number of benzene rings is 2. The second kappa shape index (κ2) is 8.74. The van der Waals surface area contributed by atoms with Crippen molar-refractivity contribution in [2.24, 2.45) is 0 Å². The molecule has 0 aliphatic carbocycles. The van der Waals surface area contributed by atoms with E-state index < -0.39 is 16.1 Å². The maximum atomic E-state index is 12.8. The van der Waals surface area contributed by atoms with Crippen molar-refractivity contribution in [2.75, 3.05) is 31.5 Å². The molecule has 0 radical (unpaired) electrons. The molecular formula is C21H24N4O3S. The zero-order valence-corrected chi connectivity index (χ0v) is 17.3. The summed E-state index contributed by atoms with van der Waals surface area (Å²) in [5.41, 5.74) is 1.89. The van der Waals surface area contributed by atoms with Gasteiger partial charge in [-0.3, -0.25) is 9.69 Å². The van der Waals surface area contributed by atoms with Crippen molar-refractivity contribution in [1.82, 2.24) is 9.21 Å². The molecule has 2 aromatic carbocycles. The molecule has 1 heterocycles. The molecule has 3 rings (SSSR count). The number of hydrogen-bond acceptors (Lipinski definition) is 5. The highest BCUT2D eigenvalue weighted by Gasteiger charge is 2.31. The Labute approximate surface area is 171 Å². The molecule has 1 fully saturated rings. The van der Waals surface area contributed by atoms with Gasteiger partial charge in [-0.1, -0.05) is 29.8 Å². The summed E-state index contributed by atoms with van der Waals surface area (Å²) in [7, 11) is -3.54. The molecular weight excluding hydrogens is 388 g/mol. The lowest BCUT2D eigenvalue weighted by atomic mass is 10.1. The third kappa shape index (κ3) is 4.65. The van der Waals surface area contributed by atoms with Crippen molar-refractivity contribution in [2.45, 2.75) is 24.8 Å². The maximum absolute atomic E-state index is 12.8. The minimum Gasteiger partial charge on any atom is -0.324 e. The Morgan fingerprint density at radius 3 is 2.31 bits per heavy atom. The average molecular weight is 413 g/mol. The molecule has 7 nitrogen and oxygen atoms in total. The molecule has 8 heteroatoms. The van der Waals surface area contributed by atoms with Gasteiger partial charge in [0, 0.05) is 26.2 Å². The standard InChI is InChI=1S/C21H24N4O3S/c1-16-7-9-19(10-8-16)29(27,28)25-13-11-24(12-14-25)17(2)21(26)23-20-6-4-3-5-18(20)15-22/h3-10,17H,11-14H2,1-2H3,(H,23,26)/t17-/m0/s1. The van der Waals surface area contributed by atoms with E-state index in [9.17, 15) is 13.2 Å². The molecule has 1 amide bonds. The quantitative estimate of drug-likeness (QED) is 0.813. The molecule has 1 atom stereocenters. The molecule has 1 aliphatic rings. The number of carbonyl (C=O) groups excluding carboxylic acids is 1. The Kier molecular flexibility index (Phi) is 6.33. The van der Waals surface area contributed by atoms with Crippen LogP contribution in [0.15, 0.2) is 53.4 Å². The Bertz CT molecular complexity index is 1020. The first-order valence-electron chi connectivity index (χ1n) is 9.44. The zero-order valence-electron chi connectivity index (χ0n) is 16.5. The normalized spacial score (nSPS) is 16.7. The molecule has 0 spiro atoms. The number of rotatable bonds is 5. The fourth-order valence-electron chi connectivity index (χ4n) is 3.28. The van der Waals surface area contributed by atoms with Crippen LogP contribution in [0.2, 0.25) is 0 Å². The van der Waals surface area contributed by atoms with Crippen molar-refractivity contribution in [3.05, 3.63) is 59.7 Å². The first-order valence-corrected chi connectivity index (χ1v) is 10.9. The second-order valence-electron chi connectivity index (χ2n) is 7.08. The summed E-state index contributed by atoms with van der Waals surface area (Å²) in [5, 5.41) is 12.0. The van der Waals surface area contributed by atoms with Gasteiger partial charge in [-0.15, -0.1) is 0 Å². The van der Waals surface area contributed by atoms with Crippen molar-refractivity contribution in [1.29, 1.82) is 5.26 Å². The lowest BCUT2D eigenvalue weighted by Crippen LogP contribution is -2.53. The molecule has 2 aromatic rings. The zero-order chi connectivity index (χ0) is 21.0. The van der Waals surface area contributed by atoms with E-state index in [1.54, 1.807) is 55.5 Å². The Morgan fingerprint density at radius 2 is 1.69 bits per heavy atom. The van der Waals surface area contributed by atoms with E-state index in [4.69, 9.17) is 5.26 Å². The molecule has 0 bridgehead atoms. The van der Waals surface area contributed by atoms with E-state index in [2.05, 4.69) is 11.4 Å². The average Bonchev–Trinajstić information content (AvgIpc) is 2.74. The summed E-state index contributed by atoms with van der Waals surface area (Å²) in [6.07, 6.45) is 0. The molecule has 0 aromatic heterocycles. The van der Waals surface area contributed by atoms with E-state index >= 15 is 0 Å². The lowest BCUT2D eigenvalue weighted by Gasteiger charge is -2.36. The van der Waals surface area contributed by atoms with Crippen LogP contribution >= 0.6 is 0 Å². The first kappa shape index (κ1) is 21.0. The van der Waals surface area contributed by atoms with Crippen LogP contribution in [0.25, 0.3) is 0 Å². The number of nitrogens with one attached hydrogen (secondary N) is 1. The van der Waals surface area contributed by atoms with Crippen LogP contribution in [0, 0.1) is 18.3 Å². The summed E-state index contributed by atoms with van der Waals surface area (Å²) < 4.78 is 27.1. The topological polar surface area (TPSA) is 93.5 Å². The SMILES string of the molecule is Cc1ccc(S(=O)(=O)N2CCN([C@@H](C)C(=O)Nc3ccccc3C#N)CC2)cc1. The van der Waals surface area contributed by atoms with Crippen molar-refractivity contribution in [3.8, 4) is 6.07 Å². The van der Waals surface area contributed by atoms with Gasteiger partial charge in [0.05, 0.1) is 22.2 Å². The second-order valence-corrected chi connectivity index (χ2v) is 9.01. The monoisotopic (exact) mass is 412 g/mol. The lowest BCUT2D eigenvalue weighted by molar-refractivity contribution is -0.121. The minimum atomic E-state index is -3.54. The van der Waals surface area contributed by atoms with Crippen LogP contribution in [0.3, 0.4) is 0 Å². The van der Waals surface area contributed by atoms with Crippen LogP contribution in [-0.4, -0.2) is 55.8 Å². The van der Waals surface area contributed by atoms with Gasteiger partial charge in [0.2, 0.25) is 15.9 Å². The van der Waals surface area contributed by atoms with Crippen molar-refractivity contribution in [3.63, 3.8) is 0 Å². The molecule has 0 saturated carbocycles. The highest BCUT2D eigenvalue weighted by molar-refractivity contribution is 7.89. The number of hydrogen-bond donors (Lipinski definition) is 1. The van der Waals surface area contributed by atoms with Gasteiger partial charge in [0.25, 0.3) is 0 Å². The van der Waals surface area contributed by atoms with Gasteiger partial charge >= 0.3 is 0 Å². The summed E-state index contributed by atoms with van der Waals surface area (Å²) in [5.74, 6) is -0.220. The number of para-hydroxylation sites is 1. The van der Waals surface area contributed by atoms with Crippen LogP contribution in [0.5, 0.6) is 0 Å². The number of aryl methyl sites for hydroxylation is 1. The van der Waals surface area contributed by atoms with Gasteiger partial charge < -0.3 is 5.32 Å². The Morgan fingerprint density at radius 1 is 1.07 bits per heavy atom. The molecule has 1 saturated heterocycles. The number of amides is 1. The highest BCUT2D eigenvalue weighted by Crippen LogP contribution is 2.20. The predicted octanol–water partition coefficient (Wildman–Crippen LogP) is 2.20. The largest absolute Gasteiger partial charge is 0.324 e. The highest BCUT2D eigenvalue weighted by atomic mass is 32.2. The summed E-state index contributed by atoms with van der Waals surface area (Å²) in [6, 6.07) is 15.3. The summed E-state index contributed by atoms with van der Waals surface area (Å²) in [6.45, 7) is 5.26. The number of nitriles is 1. The van der Waals surface area contributed by atoms with E-state index in [0.29, 0.717) is 37.4 Å². The molecule has 0 unspecified atom stereocenters.